The first-order valence-corrected chi connectivity index (χ1v) is 12.3. The number of hydrogen-bond donors (Lipinski definition) is 1. The molecule has 0 unspecified atom stereocenters. The summed E-state index contributed by atoms with van der Waals surface area (Å²) in [4.78, 5) is 6.79. The van der Waals surface area contributed by atoms with Gasteiger partial charge in [-0.3, -0.25) is 0 Å². The Morgan fingerprint density at radius 1 is 0.658 bits per heavy atom. The summed E-state index contributed by atoms with van der Waals surface area (Å²) in [5, 5.41) is 0. The van der Waals surface area contributed by atoms with Crippen LogP contribution < -0.4 is 5.73 Å². The van der Waals surface area contributed by atoms with Gasteiger partial charge in [0.15, 0.2) is 23.3 Å². The molecular formula is C28H24BrF6N3. The number of halogens is 7. The van der Waals surface area contributed by atoms with Gasteiger partial charge in [-0.15, -0.1) is 0 Å². The summed E-state index contributed by atoms with van der Waals surface area (Å²) in [5.41, 5.74) is 7.45. The van der Waals surface area contributed by atoms with E-state index in [2.05, 4.69) is 25.9 Å². The van der Waals surface area contributed by atoms with E-state index in [1.54, 1.807) is 0 Å². The van der Waals surface area contributed by atoms with Crippen molar-refractivity contribution in [2.24, 2.45) is 0 Å². The minimum absolute atomic E-state index is 0.00918. The third-order valence-electron chi connectivity index (χ3n) is 5.75. The third kappa shape index (κ3) is 6.18. The molecule has 2 heterocycles. The second-order valence-corrected chi connectivity index (χ2v) is 9.84. The van der Waals surface area contributed by atoms with E-state index in [0.717, 1.165) is 24.3 Å². The van der Waals surface area contributed by atoms with Crippen LogP contribution in [0.1, 0.15) is 50.7 Å². The summed E-state index contributed by atoms with van der Waals surface area (Å²) in [6, 6.07) is 7.17. The van der Waals surface area contributed by atoms with E-state index >= 15 is 0 Å². The first-order chi connectivity index (χ1) is 17.8. The zero-order valence-electron chi connectivity index (χ0n) is 20.9. The second kappa shape index (κ2) is 12.0. The molecule has 0 aliphatic carbocycles. The fourth-order valence-corrected chi connectivity index (χ4v) is 4.81. The summed E-state index contributed by atoms with van der Waals surface area (Å²) in [5.74, 6) is -5.58. The van der Waals surface area contributed by atoms with Gasteiger partial charge >= 0.3 is 0 Å². The van der Waals surface area contributed by atoms with Gasteiger partial charge < -0.3 is 5.73 Å². The van der Waals surface area contributed by atoms with Gasteiger partial charge in [0.1, 0.15) is 0 Å². The molecule has 0 atom stereocenters. The number of anilines is 1. The summed E-state index contributed by atoms with van der Waals surface area (Å²) in [6.07, 6.45) is 2.40. The maximum atomic E-state index is 14.0. The average molecular weight is 596 g/mol. The van der Waals surface area contributed by atoms with Crippen LogP contribution in [0.25, 0.3) is 22.3 Å². The van der Waals surface area contributed by atoms with Gasteiger partial charge in [0.05, 0.1) is 0 Å². The molecule has 38 heavy (non-hydrogen) atoms. The molecule has 0 amide bonds. The van der Waals surface area contributed by atoms with Gasteiger partial charge in [0.25, 0.3) is 0 Å². The van der Waals surface area contributed by atoms with E-state index in [-0.39, 0.29) is 39.8 Å². The molecule has 0 radical (unpaired) electrons. The van der Waals surface area contributed by atoms with E-state index in [1.165, 1.54) is 24.5 Å². The van der Waals surface area contributed by atoms with Crippen molar-refractivity contribution in [2.75, 3.05) is 5.73 Å². The molecule has 2 N–H and O–H groups in total. The van der Waals surface area contributed by atoms with Crippen LogP contribution in [0.15, 0.2) is 53.3 Å². The van der Waals surface area contributed by atoms with Gasteiger partial charge in [0.2, 0.25) is 11.9 Å². The van der Waals surface area contributed by atoms with E-state index in [4.69, 9.17) is 5.73 Å². The molecule has 3 nitrogen and oxygen atoms in total. The summed E-state index contributed by atoms with van der Waals surface area (Å²) in [7, 11) is 0. The second-order valence-electron chi connectivity index (χ2n) is 9.04. The Labute approximate surface area is 224 Å². The van der Waals surface area contributed by atoms with Crippen LogP contribution in [-0.4, -0.2) is 9.97 Å². The number of nitrogens with zero attached hydrogens (tertiary/aromatic N) is 2. The number of nitrogen functional groups attached to an aromatic ring is 1. The molecule has 4 aromatic rings. The third-order valence-corrected chi connectivity index (χ3v) is 6.60. The number of nitrogens with two attached hydrogens (primary N) is 1. The Kier molecular flexibility index (Phi) is 9.19. The highest BCUT2D eigenvalue weighted by molar-refractivity contribution is 9.10. The Balaban J connectivity index is 0.000000211. The molecule has 0 aliphatic rings. The molecular weight excluding hydrogens is 572 g/mol. The predicted octanol–water partition coefficient (Wildman–Crippen LogP) is 8.92. The van der Waals surface area contributed by atoms with Crippen LogP contribution in [0.5, 0.6) is 0 Å². The quantitative estimate of drug-likeness (QED) is 0.111. The fourth-order valence-electron chi connectivity index (χ4n) is 3.83. The molecule has 10 heteroatoms. The SMILES string of the molecule is CC(C)c1cc(F)c(F)c(-c2ccnc(F)c2)c1Br.CC(C)c1cc(F)c(F)c(-c2ccnc(F)c2)c1N. The largest absolute Gasteiger partial charge is 0.398 e. The highest BCUT2D eigenvalue weighted by Gasteiger charge is 2.21. The molecule has 4 rings (SSSR count). The van der Waals surface area contributed by atoms with Gasteiger partial charge in [-0.1, -0.05) is 27.7 Å². The fraction of sp³-hybridized carbons (Fsp3) is 0.214. The molecule has 0 bridgehead atoms. The Bertz CT molecular complexity index is 1360. The van der Waals surface area contributed by atoms with Crippen molar-refractivity contribution in [1.29, 1.82) is 0 Å². The van der Waals surface area contributed by atoms with Crippen LogP contribution in [0.2, 0.25) is 0 Å². The zero-order valence-corrected chi connectivity index (χ0v) is 22.5. The minimum Gasteiger partial charge on any atom is -0.398 e. The van der Waals surface area contributed by atoms with Gasteiger partial charge in [-0.25, -0.2) is 27.5 Å². The minimum atomic E-state index is -1.08. The monoisotopic (exact) mass is 595 g/mol. The van der Waals surface area contributed by atoms with Crippen molar-refractivity contribution in [3.8, 4) is 22.3 Å². The van der Waals surface area contributed by atoms with Crippen molar-refractivity contribution >= 4 is 21.6 Å². The van der Waals surface area contributed by atoms with E-state index in [9.17, 15) is 26.3 Å². The number of hydrogen-bond acceptors (Lipinski definition) is 3. The Morgan fingerprint density at radius 3 is 1.53 bits per heavy atom. The maximum absolute atomic E-state index is 14.0. The van der Waals surface area contributed by atoms with Crippen LogP contribution in [-0.2, 0) is 0 Å². The lowest BCUT2D eigenvalue weighted by Crippen LogP contribution is -2.04. The van der Waals surface area contributed by atoms with Crippen LogP contribution in [0, 0.1) is 35.2 Å². The zero-order chi connectivity index (χ0) is 28.3. The molecule has 2 aromatic heterocycles. The normalized spacial score (nSPS) is 11.1. The van der Waals surface area contributed by atoms with Gasteiger partial charge in [-0.05, 0) is 74.3 Å². The molecule has 0 spiro atoms. The van der Waals surface area contributed by atoms with E-state index in [0.29, 0.717) is 15.6 Å². The Hall–Kier alpha value is -3.40. The van der Waals surface area contributed by atoms with Gasteiger partial charge in [-0.2, -0.15) is 8.78 Å². The number of aromatic nitrogens is 2. The van der Waals surface area contributed by atoms with Crippen molar-refractivity contribution in [2.45, 2.75) is 39.5 Å². The summed E-state index contributed by atoms with van der Waals surface area (Å²) in [6.45, 7) is 7.38. The molecule has 0 fully saturated rings. The first-order valence-electron chi connectivity index (χ1n) is 11.5. The standard InChI is InChI=1S/C14H11BrF3N.C14H13F3N2/c1-7(2)9-6-10(16)14(18)12(13(9)15)8-3-4-19-11(17)5-8;1-7(2)9-6-10(15)13(17)12(14(9)18)8-3-4-19-11(16)5-8/h3-7H,1-2H3;3-7H,18H2,1-2H3. The number of benzene rings is 2. The van der Waals surface area contributed by atoms with Crippen LogP contribution in [0.3, 0.4) is 0 Å². The first kappa shape index (κ1) is 29.2. The van der Waals surface area contributed by atoms with E-state index in [1.807, 2.05) is 27.7 Å². The topological polar surface area (TPSA) is 51.8 Å². The lowest BCUT2D eigenvalue weighted by atomic mass is 9.94. The lowest BCUT2D eigenvalue weighted by molar-refractivity contribution is 0.507. The average Bonchev–Trinajstić information content (AvgIpc) is 2.84. The van der Waals surface area contributed by atoms with Crippen molar-refractivity contribution in [3.05, 3.63) is 99.6 Å². The lowest BCUT2D eigenvalue weighted by Gasteiger charge is -2.15. The van der Waals surface area contributed by atoms with Crippen molar-refractivity contribution < 1.29 is 26.3 Å². The summed E-state index contributed by atoms with van der Waals surface area (Å²) < 4.78 is 81.9. The maximum Gasteiger partial charge on any atom is 0.213 e. The predicted molar refractivity (Wildman–Crippen MR) is 139 cm³/mol. The highest BCUT2D eigenvalue weighted by Crippen LogP contribution is 2.38. The summed E-state index contributed by atoms with van der Waals surface area (Å²) >= 11 is 3.28. The smallest absolute Gasteiger partial charge is 0.213 e. The molecule has 0 saturated heterocycles. The van der Waals surface area contributed by atoms with Crippen molar-refractivity contribution in [1.82, 2.24) is 9.97 Å². The van der Waals surface area contributed by atoms with Gasteiger partial charge in [0, 0.05) is 45.8 Å². The van der Waals surface area contributed by atoms with Crippen LogP contribution >= 0.6 is 15.9 Å². The molecule has 200 valence electrons. The number of pyridine rings is 2. The molecule has 0 saturated carbocycles. The van der Waals surface area contributed by atoms with Crippen LogP contribution in [0.4, 0.5) is 32.0 Å². The highest BCUT2D eigenvalue weighted by atomic mass is 79.9. The Morgan fingerprint density at radius 2 is 1.08 bits per heavy atom. The number of rotatable bonds is 4. The van der Waals surface area contributed by atoms with E-state index < -0.39 is 35.2 Å². The molecule has 2 aromatic carbocycles. The molecule has 0 aliphatic heterocycles. The van der Waals surface area contributed by atoms with Crippen molar-refractivity contribution in [3.63, 3.8) is 0 Å².